The van der Waals surface area contributed by atoms with Crippen molar-refractivity contribution in [3.05, 3.63) is 108 Å². The number of ether oxygens (including phenoxy) is 6. The van der Waals surface area contributed by atoms with Crippen LogP contribution in [0.15, 0.2) is 91.6 Å². The number of methoxy groups -OCH3 is 2. The molecule has 2 aliphatic rings. The molecule has 0 unspecified atom stereocenters. The largest absolute Gasteiger partial charge is 0.496 e. The number of rotatable bonds is 6. The molecule has 0 saturated heterocycles. The van der Waals surface area contributed by atoms with E-state index in [9.17, 15) is 14.7 Å². The van der Waals surface area contributed by atoms with E-state index in [0.29, 0.717) is 87.7 Å². The summed E-state index contributed by atoms with van der Waals surface area (Å²) in [5, 5.41) is 36.7. The predicted molar refractivity (Wildman–Crippen MR) is 197 cm³/mol. The van der Waals surface area contributed by atoms with Crippen LogP contribution in [0, 0.1) is 3.57 Å². The molecule has 2 aliphatic heterocycles. The first-order valence-corrected chi connectivity index (χ1v) is 16.5. The van der Waals surface area contributed by atoms with E-state index < -0.39 is 7.12 Å². The number of aliphatic hydroxyl groups is 2. The van der Waals surface area contributed by atoms with Crippen LogP contribution in [0.4, 0.5) is 0 Å². The average Bonchev–Trinajstić information content (AvgIpc) is 3.85. The molecule has 4 heterocycles. The molecule has 0 bridgehead atoms. The van der Waals surface area contributed by atoms with Gasteiger partial charge in [-0.1, -0.05) is 12.1 Å². The van der Waals surface area contributed by atoms with Crippen molar-refractivity contribution < 1.29 is 57.5 Å². The van der Waals surface area contributed by atoms with E-state index in [4.69, 9.17) is 52.4 Å². The highest BCUT2D eigenvalue weighted by atomic mass is 127. The molecule has 0 radical (unpaired) electrons. The van der Waals surface area contributed by atoms with Gasteiger partial charge in [-0.25, -0.2) is 0 Å². The maximum Gasteiger partial charge on any atom is 0.488 e. The van der Waals surface area contributed by atoms with Gasteiger partial charge in [0.1, 0.15) is 46.0 Å². The molecule has 0 atom stereocenters. The van der Waals surface area contributed by atoms with Gasteiger partial charge < -0.3 is 57.5 Å². The Kier molecular flexibility index (Phi) is 11.2. The van der Waals surface area contributed by atoms with Gasteiger partial charge in [0.25, 0.3) is 0 Å². The monoisotopic (exact) mass is 824 g/mol. The summed E-state index contributed by atoms with van der Waals surface area (Å²) in [6.45, 7) is 0.0745. The molecule has 16 heteroatoms. The fourth-order valence-corrected chi connectivity index (χ4v) is 5.76. The molecular formula is C36H30BIO14. The Morgan fingerprint density at radius 3 is 1.75 bits per heavy atom. The molecule has 0 fully saturated rings. The molecule has 8 rings (SSSR count). The quantitative estimate of drug-likeness (QED) is 0.140. The van der Waals surface area contributed by atoms with Crippen LogP contribution in [0.1, 0.15) is 11.1 Å². The molecule has 14 nitrogen and oxygen atoms in total. The summed E-state index contributed by atoms with van der Waals surface area (Å²) in [5.41, 5.74) is 3.19. The number of hydrogen-bond donors (Lipinski definition) is 4. The minimum atomic E-state index is -1.46. The normalized spacial score (nSPS) is 12.1. The Balaban J connectivity index is 0.000000143. The topological polar surface area (TPSA) is 197 Å². The third-order valence-electron chi connectivity index (χ3n) is 7.94. The van der Waals surface area contributed by atoms with E-state index in [1.54, 1.807) is 60.7 Å². The highest BCUT2D eigenvalue weighted by Gasteiger charge is 2.20. The van der Waals surface area contributed by atoms with Crippen LogP contribution < -0.4 is 44.7 Å². The van der Waals surface area contributed by atoms with Crippen LogP contribution in [-0.2, 0) is 13.2 Å². The Bertz CT molecular complexity index is 2370. The zero-order valence-corrected chi connectivity index (χ0v) is 29.7. The lowest BCUT2D eigenvalue weighted by molar-refractivity contribution is 0.173. The first kappa shape index (κ1) is 36.5. The highest BCUT2D eigenvalue weighted by Crippen LogP contribution is 2.36. The molecule has 268 valence electrons. The molecule has 0 amide bonds. The smallest absolute Gasteiger partial charge is 0.488 e. The summed E-state index contributed by atoms with van der Waals surface area (Å²) in [5.74, 6) is 3.23. The Labute approximate surface area is 308 Å². The minimum Gasteiger partial charge on any atom is -0.496 e. The van der Waals surface area contributed by atoms with E-state index in [0.717, 1.165) is 0 Å². The second-order valence-corrected chi connectivity index (χ2v) is 12.3. The third kappa shape index (κ3) is 7.51. The lowest BCUT2D eigenvalue weighted by atomic mass is 9.80. The molecule has 0 saturated carbocycles. The fraction of sp³-hybridized carbons (Fsp3) is 0.167. The van der Waals surface area contributed by atoms with Crippen molar-refractivity contribution in [3.63, 3.8) is 0 Å². The van der Waals surface area contributed by atoms with Crippen LogP contribution >= 0.6 is 22.6 Å². The zero-order valence-electron chi connectivity index (χ0n) is 27.6. The van der Waals surface area contributed by atoms with E-state index in [-0.39, 0.29) is 37.7 Å². The molecule has 4 aromatic carbocycles. The van der Waals surface area contributed by atoms with Crippen molar-refractivity contribution in [1.82, 2.24) is 0 Å². The van der Waals surface area contributed by atoms with Crippen molar-refractivity contribution in [2.24, 2.45) is 0 Å². The number of halogens is 1. The summed E-state index contributed by atoms with van der Waals surface area (Å²) >= 11 is 1.91. The van der Waals surface area contributed by atoms with Gasteiger partial charge in [-0.3, -0.25) is 9.59 Å². The van der Waals surface area contributed by atoms with Crippen LogP contribution in [0.2, 0.25) is 0 Å². The first-order valence-electron chi connectivity index (χ1n) is 15.4. The molecule has 52 heavy (non-hydrogen) atoms. The predicted octanol–water partition coefficient (Wildman–Crippen LogP) is 3.68. The zero-order chi connectivity index (χ0) is 36.9. The van der Waals surface area contributed by atoms with Gasteiger partial charge in [0.05, 0.1) is 36.6 Å². The van der Waals surface area contributed by atoms with Gasteiger partial charge in [-0.2, -0.15) is 0 Å². The van der Waals surface area contributed by atoms with Crippen LogP contribution in [-0.4, -0.2) is 55.2 Å². The van der Waals surface area contributed by atoms with Gasteiger partial charge >= 0.3 is 7.12 Å². The van der Waals surface area contributed by atoms with Crippen LogP contribution in [0.5, 0.6) is 34.5 Å². The molecule has 0 spiro atoms. The van der Waals surface area contributed by atoms with Crippen molar-refractivity contribution in [2.45, 2.75) is 13.2 Å². The average molecular weight is 824 g/mol. The van der Waals surface area contributed by atoms with E-state index >= 15 is 0 Å². The summed E-state index contributed by atoms with van der Waals surface area (Å²) in [6, 6.07) is 16.6. The van der Waals surface area contributed by atoms with Gasteiger partial charge in [-0.05, 0) is 93.3 Å². The van der Waals surface area contributed by atoms with E-state index in [1.807, 2.05) is 22.6 Å². The van der Waals surface area contributed by atoms with Gasteiger partial charge in [0, 0.05) is 0 Å². The summed E-state index contributed by atoms with van der Waals surface area (Å²) in [7, 11) is 1.50. The van der Waals surface area contributed by atoms with Crippen molar-refractivity contribution in [2.75, 3.05) is 27.8 Å². The lowest BCUT2D eigenvalue weighted by Gasteiger charge is -2.09. The fourth-order valence-electron chi connectivity index (χ4n) is 5.36. The Morgan fingerprint density at radius 2 is 1.19 bits per heavy atom. The van der Waals surface area contributed by atoms with Crippen LogP contribution in [0.3, 0.4) is 0 Å². The minimum absolute atomic E-state index is 0.122. The van der Waals surface area contributed by atoms with Gasteiger partial charge in [0.15, 0.2) is 23.0 Å². The van der Waals surface area contributed by atoms with Gasteiger partial charge in [-0.15, -0.1) is 0 Å². The van der Waals surface area contributed by atoms with E-state index in [2.05, 4.69) is 0 Å². The number of benzene rings is 4. The second-order valence-electron chi connectivity index (χ2n) is 11.1. The highest BCUT2D eigenvalue weighted by molar-refractivity contribution is 14.1. The van der Waals surface area contributed by atoms with Crippen molar-refractivity contribution >= 4 is 57.1 Å². The molecular weight excluding hydrogens is 794 g/mol. The molecule has 4 N–H and O–H groups in total. The maximum atomic E-state index is 12.9. The molecule has 2 aromatic heterocycles. The summed E-state index contributed by atoms with van der Waals surface area (Å²) in [4.78, 5) is 24.8. The Morgan fingerprint density at radius 1 is 0.673 bits per heavy atom. The lowest BCUT2D eigenvalue weighted by Crippen LogP contribution is -2.29. The van der Waals surface area contributed by atoms with Crippen molar-refractivity contribution in [1.29, 1.82) is 0 Å². The van der Waals surface area contributed by atoms with Gasteiger partial charge in [0.2, 0.25) is 24.4 Å². The SMILES string of the molecule is COc1cc(CO)cc2occ(-c3ccc4c(c3)OCO4)c(=O)c12.COc1cc(CO)cc2occ(I)c(=O)c12.OB(O)c1ccc2c(c1)OCO2. The van der Waals surface area contributed by atoms with Crippen molar-refractivity contribution in [3.8, 4) is 45.6 Å². The summed E-state index contributed by atoms with van der Waals surface area (Å²) in [6.07, 6.45) is 2.80. The number of hydrogen-bond acceptors (Lipinski definition) is 14. The third-order valence-corrected chi connectivity index (χ3v) is 8.69. The Hall–Kier alpha value is -5.27. The molecule has 0 aliphatic carbocycles. The summed E-state index contributed by atoms with van der Waals surface area (Å²) < 4.78 is 42.6. The maximum absolute atomic E-state index is 12.9. The van der Waals surface area contributed by atoms with Crippen LogP contribution in [0.25, 0.3) is 33.1 Å². The number of fused-ring (bicyclic) bond motifs is 4. The van der Waals surface area contributed by atoms with E-state index in [1.165, 1.54) is 26.7 Å². The standard InChI is InChI=1S/C18H14O6.C11H9IO4.C7H7BO4/c1-21-15-4-10(7-19)5-16-17(15)18(20)12(8-22-16)11-2-3-13-14(6-11)24-9-23-13;1-15-8-2-6(4-13)3-9-10(8)11(14)7(12)5-16-9;9-8(10)5-1-2-6-7(3-5)12-4-11-6/h2-6,8,19H,7,9H2,1H3;2-3,5,13H,4H2,1H3;1-3,9-10H,4H2. The number of aliphatic hydroxyl groups excluding tert-OH is 2. The second kappa shape index (κ2) is 16.0. The molecule has 6 aromatic rings. The first-order chi connectivity index (χ1) is 25.1.